The summed E-state index contributed by atoms with van der Waals surface area (Å²) in [6, 6.07) is 14.2. The van der Waals surface area contributed by atoms with Crippen LogP contribution in [0.3, 0.4) is 0 Å². The third kappa shape index (κ3) is 4.57. The molecule has 2 aromatic rings. The molecule has 1 N–H and O–H groups in total. The van der Waals surface area contributed by atoms with Crippen LogP contribution in [-0.2, 0) is 0 Å². The highest BCUT2D eigenvalue weighted by Crippen LogP contribution is 2.23. The van der Waals surface area contributed by atoms with Crippen LogP contribution in [-0.4, -0.2) is 24.0 Å². The summed E-state index contributed by atoms with van der Waals surface area (Å²) in [6.07, 6.45) is 3.01. The predicted molar refractivity (Wildman–Crippen MR) is 87.6 cm³/mol. The van der Waals surface area contributed by atoms with Gasteiger partial charge in [-0.25, -0.2) is 0 Å². The second-order valence-electron chi connectivity index (χ2n) is 4.89. The maximum atomic E-state index is 11.1. The van der Waals surface area contributed by atoms with Gasteiger partial charge in [-0.2, -0.15) is 0 Å². The molecule has 5 nitrogen and oxygen atoms in total. The maximum absolute atomic E-state index is 11.1. The zero-order valence-corrected chi connectivity index (χ0v) is 12.9. The van der Waals surface area contributed by atoms with Crippen LogP contribution in [0.25, 0.3) is 0 Å². The summed E-state index contributed by atoms with van der Waals surface area (Å²) in [5.74, 6) is 1.03. The minimum absolute atomic E-state index is 0.474. The SMILES string of the molecule is CCCC(Oc1ccccc1C=O)Oc1ccccc1/C=N/O. The molecule has 0 spiro atoms. The second kappa shape index (κ2) is 8.58. The van der Waals surface area contributed by atoms with Gasteiger partial charge in [0.05, 0.1) is 11.8 Å². The molecular formula is C18H19NO4. The summed E-state index contributed by atoms with van der Waals surface area (Å²) in [4.78, 5) is 11.1. The molecule has 5 heteroatoms. The van der Waals surface area contributed by atoms with Crippen LogP contribution in [0.4, 0.5) is 0 Å². The Labute approximate surface area is 135 Å². The van der Waals surface area contributed by atoms with E-state index in [0.29, 0.717) is 29.0 Å². The zero-order valence-electron chi connectivity index (χ0n) is 12.9. The molecule has 0 aromatic heterocycles. The van der Waals surface area contributed by atoms with Gasteiger partial charge in [0.2, 0.25) is 6.29 Å². The van der Waals surface area contributed by atoms with Gasteiger partial charge in [0.15, 0.2) is 6.29 Å². The van der Waals surface area contributed by atoms with Gasteiger partial charge in [0.25, 0.3) is 0 Å². The first-order chi connectivity index (χ1) is 11.3. The molecule has 2 rings (SSSR count). The second-order valence-corrected chi connectivity index (χ2v) is 4.89. The zero-order chi connectivity index (χ0) is 16.5. The average Bonchev–Trinajstić information content (AvgIpc) is 2.57. The van der Waals surface area contributed by atoms with Gasteiger partial charge in [-0.1, -0.05) is 36.3 Å². The molecule has 0 saturated heterocycles. The van der Waals surface area contributed by atoms with Crippen LogP contribution >= 0.6 is 0 Å². The topological polar surface area (TPSA) is 68.1 Å². The lowest BCUT2D eigenvalue weighted by atomic mass is 10.2. The molecule has 0 saturated carbocycles. The number of hydrogen-bond donors (Lipinski definition) is 1. The largest absolute Gasteiger partial charge is 0.454 e. The highest BCUT2D eigenvalue weighted by atomic mass is 16.7. The predicted octanol–water partition coefficient (Wildman–Crippen LogP) is 3.89. The van der Waals surface area contributed by atoms with E-state index in [0.717, 1.165) is 12.7 Å². The lowest BCUT2D eigenvalue weighted by Gasteiger charge is -2.21. The molecular weight excluding hydrogens is 294 g/mol. The van der Waals surface area contributed by atoms with E-state index in [1.807, 2.05) is 19.1 Å². The van der Waals surface area contributed by atoms with Crippen molar-refractivity contribution in [3.8, 4) is 11.5 Å². The Bertz CT molecular complexity index is 670. The van der Waals surface area contributed by atoms with E-state index in [9.17, 15) is 4.79 Å². The van der Waals surface area contributed by atoms with E-state index in [-0.39, 0.29) is 0 Å². The Morgan fingerprint density at radius 1 is 1.04 bits per heavy atom. The van der Waals surface area contributed by atoms with Gasteiger partial charge in [-0.05, 0) is 30.7 Å². The van der Waals surface area contributed by atoms with Crippen LogP contribution in [0, 0.1) is 0 Å². The smallest absolute Gasteiger partial charge is 0.241 e. The molecule has 0 heterocycles. The van der Waals surface area contributed by atoms with Crippen molar-refractivity contribution < 1.29 is 19.5 Å². The van der Waals surface area contributed by atoms with Crippen LogP contribution in [0.5, 0.6) is 11.5 Å². The molecule has 23 heavy (non-hydrogen) atoms. The lowest BCUT2D eigenvalue weighted by Crippen LogP contribution is -2.24. The van der Waals surface area contributed by atoms with Gasteiger partial charge < -0.3 is 14.7 Å². The van der Waals surface area contributed by atoms with Crippen LogP contribution in [0.1, 0.15) is 35.7 Å². The van der Waals surface area contributed by atoms with Crippen LogP contribution in [0.2, 0.25) is 0 Å². The Morgan fingerprint density at radius 3 is 2.17 bits per heavy atom. The molecule has 1 atom stereocenters. The maximum Gasteiger partial charge on any atom is 0.241 e. The van der Waals surface area contributed by atoms with Gasteiger partial charge in [-0.15, -0.1) is 0 Å². The number of para-hydroxylation sites is 2. The fourth-order valence-electron chi connectivity index (χ4n) is 2.10. The molecule has 0 bridgehead atoms. The molecule has 1 unspecified atom stereocenters. The minimum atomic E-state index is -0.547. The normalized spacial score (nSPS) is 12.0. The number of aldehydes is 1. The summed E-state index contributed by atoms with van der Waals surface area (Å²) < 4.78 is 11.8. The first-order valence-electron chi connectivity index (χ1n) is 7.42. The molecule has 0 aliphatic rings. The Hall–Kier alpha value is -2.82. The number of ether oxygens (including phenoxy) is 2. The van der Waals surface area contributed by atoms with E-state index >= 15 is 0 Å². The van der Waals surface area contributed by atoms with Crippen molar-refractivity contribution in [1.29, 1.82) is 0 Å². The van der Waals surface area contributed by atoms with Crippen molar-refractivity contribution in [2.45, 2.75) is 26.1 Å². The van der Waals surface area contributed by atoms with Crippen LogP contribution in [0.15, 0.2) is 53.7 Å². The van der Waals surface area contributed by atoms with Crippen molar-refractivity contribution in [1.82, 2.24) is 0 Å². The Morgan fingerprint density at radius 2 is 1.61 bits per heavy atom. The number of rotatable bonds is 8. The van der Waals surface area contributed by atoms with Crippen molar-refractivity contribution in [2.24, 2.45) is 5.16 Å². The fraction of sp³-hybridized carbons (Fsp3) is 0.222. The highest BCUT2D eigenvalue weighted by Gasteiger charge is 2.15. The molecule has 120 valence electrons. The number of oxime groups is 1. The Balaban J connectivity index is 2.21. The summed E-state index contributed by atoms with van der Waals surface area (Å²) in [6.45, 7) is 2.02. The molecule has 0 fully saturated rings. The van der Waals surface area contributed by atoms with Crippen molar-refractivity contribution in [3.63, 3.8) is 0 Å². The van der Waals surface area contributed by atoms with E-state index in [1.165, 1.54) is 6.21 Å². The molecule has 0 amide bonds. The van der Waals surface area contributed by atoms with Crippen molar-refractivity contribution in [3.05, 3.63) is 59.7 Å². The monoisotopic (exact) mass is 313 g/mol. The van der Waals surface area contributed by atoms with Gasteiger partial charge >= 0.3 is 0 Å². The third-order valence-electron chi connectivity index (χ3n) is 3.20. The van der Waals surface area contributed by atoms with Gasteiger partial charge in [0, 0.05) is 12.0 Å². The fourth-order valence-corrected chi connectivity index (χ4v) is 2.10. The van der Waals surface area contributed by atoms with E-state index in [1.54, 1.807) is 36.4 Å². The standard InChI is InChI=1S/C18H19NO4/c1-2-7-18(23-17-11-6-4-9-15(17)13-20)22-16-10-5-3-8-14(16)12-19-21/h3-6,8-13,18,21H,2,7H2,1H3/b19-12+. The summed E-state index contributed by atoms with van der Waals surface area (Å²) in [5.41, 5.74) is 1.12. The molecule has 0 aliphatic carbocycles. The van der Waals surface area contributed by atoms with Crippen LogP contribution < -0.4 is 9.47 Å². The molecule has 2 aromatic carbocycles. The van der Waals surface area contributed by atoms with Gasteiger partial charge in [0.1, 0.15) is 11.5 Å². The molecule has 0 aliphatic heterocycles. The first-order valence-corrected chi connectivity index (χ1v) is 7.42. The quantitative estimate of drug-likeness (QED) is 0.264. The first kappa shape index (κ1) is 16.5. The summed E-state index contributed by atoms with van der Waals surface area (Å²) in [5, 5.41) is 11.8. The number of hydrogen-bond acceptors (Lipinski definition) is 5. The van der Waals surface area contributed by atoms with Gasteiger partial charge in [-0.3, -0.25) is 4.79 Å². The van der Waals surface area contributed by atoms with E-state index < -0.39 is 6.29 Å². The highest BCUT2D eigenvalue weighted by molar-refractivity contribution is 5.83. The summed E-state index contributed by atoms with van der Waals surface area (Å²) >= 11 is 0. The third-order valence-corrected chi connectivity index (χ3v) is 3.20. The van der Waals surface area contributed by atoms with Crippen molar-refractivity contribution >= 4 is 12.5 Å². The summed E-state index contributed by atoms with van der Waals surface area (Å²) in [7, 11) is 0. The van der Waals surface area contributed by atoms with E-state index in [2.05, 4.69) is 5.16 Å². The molecule has 0 radical (unpaired) electrons. The minimum Gasteiger partial charge on any atom is -0.454 e. The number of carbonyl (C=O) groups is 1. The van der Waals surface area contributed by atoms with E-state index in [4.69, 9.17) is 14.7 Å². The number of nitrogens with zero attached hydrogens (tertiary/aromatic N) is 1. The lowest BCUT2D eigenvalue weighted by molar-refractivity contribution is -0.00150. The Kier molecular flexibility index (Phi) is 6.17. The average molecular weight is 313 g/mol. The number of benzene rings is 2. The van der Waals surface area contributed by atoms with Crippen molar-refractivity contribution in [2.75, 3.05) is 0 Å². The number of carbonyl (C=O) groups excluding carboxylic acids is 1.